The van der Waals surface area contributed by atoms with Gasteiger partial charge in [0.25, 0.3) is 0 Å². The van der Waals surface area contributed by atoms with Crippen molar-refractivity contribution in [3.05, 3.63) is 11.1 Å². The van der Waals surface area contributed by atoms with Crippen molar-refractivity contribution in [1.29, 1.82) is 0 Å². The molecule has 2 N–H and O–H groups in total. The second-order valence-electron chi connectivity index (χ2n) is 2.10. The molecule has 0 unspecified atom stereocenters. The van der Waals surface area contributed by atoms with Crippen LogP contribution in [0.1, 0.15) is 12.6 Å². The van der Waals surface area contributed by atoms with E-state index in [0.717, 1.165) is 5.69 Å². The van der Waals surface area contributed by atoms with Crippen molar-refractivity contribution in [3.63, 3.8) is 0 Å². The lowest BCUT2D eigenvalue weighted by molar-refractivity contribution is -0.118. The largest absolute Gasteiger partial charge is 0.274 e. The first-order valence-corrected chi connectivity index (χ1v) is 4.01. The summed E-state index contributed by atoms with van der Waals surface area (Å²) in [5.74, 6) is -0.127. The summed E-state index contributed by atoms with van der Waals surface area (Å²) in [5.41, 5.74) is 6.05. The van der Waals surface area contributed by atoms with Crippen LogP contribution in [0.2, 0.25) is 0 Å². The minimum atomic E-state index is -0.127. The number of thiazole rings is 1. The van der Waals surface area contributed by atoms with Gasteiger partial charge in [-0.15, -0.1) is 28.3 Å². The minimum Gasteiger partial charge on any atom is -0.274 e. The first kappa shape index (κ1) is 11.4. The van der Waals surface area contributed by atoms with Crippen LogP contribution in [0, 0.1) is 6.92 Å². The van der Waals surface area contributed by atoms with E-state index in [1.807, 2.05) is 12.3 Å². The lowest BCUT2D eigenvalue weighted by atomic mass is 10.6. The Morgan fingerprint density at radius 3 is 2.75 bits per heavy atom. The Morgan fingerprint density at radius 1 is 1.67 bits per heavy atom. The maximum absolute atomic E-state index is 10.4. The molecule has 1 rings (SSSR count). The lowest BCUT2D eigenvalue weighted by Crippen LogP contribution is -2.26. The molecule has 0 aliphatic rings. The molecule has 1 heterocycles. The molecule has 68 valence electrons. The van der Waals surface area contributed by atoms with E-state index in [0.29, 0.717) is 5.13 Å². The van der Waals surface area contributed by atoms with Crippen LogP contribution in [0.5, 0.6) is 0 Å². The van der Waals surface area contributed by atoms with Crippen molar-refractivity contribution < 1.29 is 4.79 Å². The fourth-order valence-electron chi connectivity index (χ4n) is 0.553. The highest BCUT2D eigenvalue weighted by Gasteiger charge is 1.96. The zero-order chi connectivity index (χ0) is 8.27. The smallest absolute Gasteiger partial charge is 0.235 e. The van der Waals surface area contributed by atoms with E-state index in [-0.39, 0.29) is 22.9 Å². The minimum absolute atomic E-state index is 0. The Balaban J connectivity index is 0.00000121. The molecule has 6 heteroatoms. The number of hydrogen-bond donors (Lipinski definition) is 2. The third-order valence-electron chi connectivity index (χ3n) is 0.964. The van der Waals surface area contributed by atoms with Crippen molar-refractivity contribution in [3.8, 4) is 0 Å². The van der Waals surface area contributed by atoms with Crippen LogP contribution in [0.4, 0.5) is 5.13 Å². The number of hydrazine groups is 1. The number of nitrogens with one attached hydrogen (secondary N) is 2. The summed E-state index contributed by atoms with van der Waals surface area (Å²) in [4.78, 5) is 14.5. The van der Waals surface area contributed by atoms with Crippen LogP contribution in [0.15, 0.2) is 5.38 Å². The number of carbonyl (C=O) groups is 1. The van der Waals surface area contributed by atoms with Crippen molar-refractivity contribution in [2.75, 3.05) is 5.43 Å². The van der Waals surface area contributed by atoms with Gasteiger partial charge in [-0.2, -0.15) is 0 Å². The van der Waals surface area contributed by atoms with Gasteiger partial charge in [0.15, 0.2) is 0 Å². The van der Waals surface area contributed by atoms with Crippen molar-refractivity contribution >= 4 is 39.4 Å². The Labute approximate surface area is 85.1 Å². The van der Waals surface area contributed by atoms with Gasteiger partial charge in [0.05, 0.1) is 5.69 Å². The SMILES string of the molecule is Br.CC(=O)NNc1nc(C)cs1. The third-order valence-corrected chi connectivity index (χ3v) is 1.84. The molecule has 12 heavy (non-hydrogen) atoms. The Kier molecular flexibility index (Phi) is 4.84. The highest BCUT2D eigenvalue weighted by atomic mass is 79.9. The van der Waals surface area contributed by atoms with Crippen molar-refractivity contribution in [2.45, 2.75) is 13.8 Å². The summed E-state index contributed by atoms with van der Waals surface area (Å²) in [6, 6.07) is 0. The summed E-state index contributed by atoms with van der Waals surface area (Å²) in [7, 11) is 0. The van der Waals surface area contributed by atoms with Gasteiger partial charge in [0, 0.05) is 12.3 Å². The van der Waals surface area contributed by atoms with Crippen LogP contribution in [-0.4, -0.2) is 10.9 Å². The summed E-state index contributed by atoms with van der Waals surface area (Å²) < 4.78 is 0. The predicted molar refractivity (Wildman–Crippen MR) is 54.6 cm³/mol. The van der Waals surface area contributed by atoms with Gasteiger partial charge in [-0.25, -0.2) is 4.98 Å². The topological polar surface area (TPSA) is 54.0 Å². The normalized spacial score (nSPS) is 8.50. The van der Waals surface area contributed by atoms with Crippen LogP contribution in [0.25, 0.3) is 0 Å². The summed E-state index contributed by atoms with van der Waals surface area (Å²) in [6.45, 7) is 3.34. The molecular weight excluding hydrogens is 242 g/mol. The van der Waals surface area contributed by atoms with E-state index >= 15 is 0 Å². The third kappa shape index (κ3) is 3.68. The number of aromatic nitrogens is 1. The fraction of sp³-hybridized carbons (Fsp3) is 0.333. The first-order valence-electron chi connectivity index (χ1n) is 3.13. The van der Waals surface area contributed by atoms with Crippen LogP contribution in [0.3, 0.4) is 0 Å². The number of amides is 1. The van der Waals surface area contributed by atoms with Crippen LogP contribution in [-0.2, 0) is 4.79 Å². The number of rotatable bonds is 2. The van der Waals surface area contributed by atoms with Gasteiger partial charge in [0.1, 0.15) is 0 Å². The monoisotopic (exact) mass is 251 g/mol. The number of halogens is 1. The van der Waals surface area contributed by atoms with E-state index in [4.69, 9.17) is 0 Å². The van der Waals surface area contributed by atoms with Crippen molar-refractivity contribution in [2.24, 2.45) is 0 Å². The Hall–Kier alpha value is -0.620. The Morgan fingerprint density at radius 2 is 2.33 bits per heavy atom. The average molecular weight is 252 g/mol. The molecule has 0 atom stereocenters. The average Bonchev–Trinajstić information content (AvgIpc) is 2.31. The molecule has 1 aromatic rings. The molecular formula is C6H10BrN3OS. The molecule has 0 fully saturated rings. The highest BCUT2D eigenvalue weighted by molar-refractivity contribution is 8.93. The van der Waals surface area contributed by atoms with Gasteiger partial charge < -0.3 is 0 Å². The van der Waals surface area contributed by atoms with Gasteiger partial charge >= 0.3 is 0 Å². The van der Waals surface area contributed by atoms with Gasteiger partial charge in [-0.1, -0.05) is 0 Å². The van der Waals surface area contributed by atoms with E-state index in [1.54, 1.807) is 0 Å². The molecule has 0 spiro atoms. The predicted octanol–water partition coefficient (Wildman–Crippen LogP) is 1.49. The number of hydrogen-bond acceptors (Lipinski definition) is 4. The maximum atomic E-state index is 10.4. The van der Waals surface area contributed by atoms with E-state index in [9.17, 15) is 4.79 Å². The van der Waals surface area contributed by atoms with Crippen LogP contribution < -0.4 is 10.9 Å². The lowest BCUT2D eigenvalue weighted by Gasteiger charge is -1.99. The number of anilines is 1. The summed E-state index contributed by atoms with van der Waals surface area (Å²) >= 11 is 1.45. The molecule has 0 aromatic carbocycles. The molecule has 0 aliphatic heterocycles. The summed E-state index contributed by atoms with van der Waals surface area (Å²) in [6.07, 6.45) is 0. The maximum Gasteiger partial charge on any atom is 0.235 e. The van der Waals surface area contributed by atoms with Crippen molar-refractivity contribution in [1.82, 2.24) is 10.4 Å². The summed E-state index contributed by atoms with van der Waals surface area (Å²) in [5, 5.41) is 2.61. The molecule has 0 saturated heterocycles. The van der Waals surface area contributed by atoms with E-state index in [1.165, 1.54) is 18.3 Å². The molecule has 0 bridgehead atoms. The first-order chi connectivity index (χ1) is 5.18. The number of aryl methyl sites for hydroxylation is 1. The molecule has 0 aliphatic carbocycles. The number of nitrogens with zero attached hydrogens (tertiary/aromatic N) is 1. The molecule has 1 aromatic heterocycles. The second-order valence-corrected chi connectivity index (χ2v) is 2.96. The molecule has 1 amide bonds. The van der Waals surface area contributed by atoms with E-state index < -0.39 is 0 Å². The molecule has 0 radical (unpaired) electrons. The quantitative estimate of drug-likeness (QED) is 0.784. The van der Waals surface area contributed by atoms with Crippen LogP contribution >= 0.6 is 28.3 Å². The standard InChI is InChI=1S/C6H9N3OS.BrH/c1-4-3-11-6(7-4)9-8-5(2)10;/h3H,1-2H3,(H,7,9)(H,8,10);1H. The van der Waals surface area contributed by atoms with Gasteiger partial charge in [-0.3, -0.25) is 15.6 Å². The number of carbonyl (C=O) groups excluding carboxylic acids is 1. The Bertz CT molecular complexity index is 263. The zero-order valence-corrected chi connectivity index (χ0v) is 9.28. The molecule has 4 nitrogen and oxygen atoms in total. The van der Waals surface area contributed by atoms with Gasteiger partial charge in [0.2, 0.25) is 11.0 Å². The zero-order valence-electron chi connectivity index (χ0n) is 6.75. The second kappa shape index (κ2) is 5.10. The fourth-order valence-corrected chi connectivity index (χ4v) is 1.19. The van der Waals surface area contributed by atoms with Gasteiger partial charge in [-0.05, 0) is 6.92 Å². The molecule has 0 saturated carbocycles. The highest BCUT2D eigenvalue weighted by Crippen LogP contribution is 2.12. The van der Waals surface area contributed by atoms with E-state index in [2.05, 4.69) is 15.8 Å².